The van der Waals surface area contributed by atoms with Crippen LogP contribution in [0.2, 0.25) is 0 Å². The van der Waals surface area contributed by atoms with Crippen LogP contribution in [0.15, 0.2) is 30.3 Å². The average molecular weight is 318 g/mol. The molecule has 0 radical (unpaired) electrons. The van der Waals surface area contributed by atoms with Crippen LogP contribution in [0.3, 0.4) is 0 Å². The number of aliphatic hydroxyl groups is 1. The fraction of sp³-hybridized carbons (Fsp3) is 0.684. The Morgan fingerprint density at radius 2 is 1.87 bits per heavy atom. The van der Waals surface area contributed by atoms with Crippen molar-refractivity contribution in [1.82, 2.24) is 9.80 Å². The molecule has 2 aliphatic rings. The molecule has 1 N–H and O–H groups in total. The molecule has 4 nitrogen and oxygen atoms in total. The third-order valence-electron chi connectivity index (χ3n) is 5.87. The summed E-state index contributed by atoms with van der Waals surface area (Å²) in [5.41, 5.74) is 0.0570. The molecule has 1 aromatic rings. The highest BCUT2D eigenvalue weighted by atomic mass is 16.5. The summed E-state index contributed by atoms with van der Waals surface area (Å²) in [5, 5.41) is 11.8. The number of rotatable bonds is 3. The Bertz CT molecular complexity index is 517. The average Bonchev–Trinajstić information content (AvgIpc) is 2.55. The van der Waals surface area contributed by atoms with Crippen LogP contribution in [0, 0.1) is 5.41 Å². The van der Waals surface area contributed by atoms with Crippen LogP contribution in [0.1, 0.15) is 25.8 Å². The molecule has 0 aliphatic carbocycles. The van der Waals surface area contributed by atoms with Crippen molar-refractivity contribution in [3.8, 4) is 0 Å². The second-order valence-electron chi connectivity index (χ2n) is 7.64. The molecule has 0 saturated carbocycles. The van der Waals surface area contributed by atoms with E-state index in [1.807, 2.05) is 18.2 Å². The van der Waals surface area contributed by atoms with Gasteiger partial charge in [0.05, 0.1) is 18.8 Å². The molecular formula is C19H30N2O2. The second kappa shape index (κ2) is 6.52. The van der Waals surface area contributed by atoms with Crippen molar-refractivity contribution < 1.29 is 9.84 Å². The number of nitrogens with zero attached hydrogens (tertiary/aromatic N) is 2. The summed E-state index contributed by atoms with van der Waals surface area (Å²) in [6.07, 6.45) is 0.772. The summed E-state index contributed by atoms with van der Waals surface area (Å²) < 4.78 is 5.48. The topological polar surface area (TPSA) is 35.9 Å². The van der Waals surface area contributed by atoms with E-state index in [-0.39, 0.29) is 5.41 Å². The largest absolute Gasteiger partial charge is 0.384 e. The maximum Gasteiger partial charge on any atom is 0.0989 e. The highest BCUT2D eigenvalue weighted by molar-refractivity contribution is 5.27. The third-order valence-corrected chi connectivity index (χ3v) is 5.87. The predicted molar refractivity (Wildman–Crippen MR) is 92.4 cm³/mol. The fourth-order valence-corrected chi connectivity index (χ4v) is 4.28. The van der Waals surface area contributed by atoms with Crippen molar-refractivity contribution in [2.45, 2.75) is 31.9 Å². The van der Waals surface area contributed by atoms with Gasteiger partial charge in [0.15, 0.2) is 0 Å². The summed E-state index contributed by atoms with van der Waals surface area (Å²) in [4.78, 5) is 4.83. The van der Waals surface area contributed by atoms with Crippen LogP contribution >= 0.6 is 0 Å². The Balaban J connectivity index is 1.92. The number of benzene rings is 1. The van der Waals surface area contributed by atoms with E-state index in [4.69, 9.17) is 4.74 Å². The summed E-state index contributed by atoms with van der Waals surface area (Å²) in [6.45, 7) is 9.77. The van der Waals surface area contributed by atoms with Gasteiger partial charge >= 0.3 is 0 Å². The van der Waals surface area contributed by atoms with Crippen LogP contribution in [0.4, 0.5) is 0 Å². The highest BCUT2D eigenvalue weighted by Crippen LogP contribution is 2.48. The van der Waals surface area contributed by atoms with Crippen molar-refractivity contribution in [1.29, 1.82) is 0 Å². The van der Waals surface area contributed by atoms with Crippen LogP contribution in [0.25, 0.3) is 0 Å². The first kappa shape index (κ1) is 16.9. The lowest BCUT2D eigenvalue weighted by atomic mass is 9.63. The smallest absolute Gasteiger partial charge is 0.0989 e. The second-order valence-corrected chi connectivity index (χ2v) is 7.64. The van der Waals surface area contributed by atoms with Gasteiger partial charge in [-0.05, 0) is 26.0 Å². The van der Waals surface area contributed by atoms with E-state index < -0.39 is 5.60 Å². The lowest BCUT2D eigenvalue weighted by molar-refractivity contribution is -0.158. The van der Waals surface area contributed by atoms with Crippen LogP contribution in [0.5, 0.6) is 0 Å². The first-order valence-electron chi connectivity index (χ1n) is 8.73. The van der Waals surface area contributed by atoms with Crippen LogP contribution in [-0.2, 0) is 10.3 Å². The number of likely N-dealkylation sites (tertiary alicyclic amines) is 1. The Hall–Kier alpha value is -0.940. The molecule has 2 fully saturated rings. The van der Waals surface area contributed by atoms with E-state index in [2.05, 4.69) is 42.8 Å². The van der Waals surface area contributed by atoms with Gasteiger partial charge in [0, 0.05) is 37.6 Å². The van der Waals surface area contributed by atoms with Crippen molar-refractivity contribution >= 4 is 0 Å². The molecular weight excluding hydrogens is 288 g/mol. The van der Waals surface area contributed by atoms with Gasteiger partial charge in [-0.2, -0.15) is 0 Å². The minimum Gasteiger partial charge on any atom is -0.384 e. The number of ether oxygens (including phenoxy) is 1. The minimum absolute atomic E-state index is 0.201. The molecule has 0 spiro atoms. The molecule has 1 aromatic carbocycles. The molecule has 2 saturated heterocycles. The van der Waals surface area contributed by atoms with Gasteiger partial charge in [-0.15, -0.1) is 0 Å². The zero-order chi connectivity index (χ0) is 16.5. The molecule has 0 bridgehead atoms. The lowest BCUT2D eigenvalue weighted by Crippen LogP contribution is -2.63. The quantitative estimate of drug-likeness (QED) is 0.924. The Morgan fingerprint density at radius 3 is 2.52 bits per heavy atom. The first-order chi connectivity index (χ1) is 10.9. The van der Waals surface area contributed by atoms with Crippen molar-refractivity contribution in [2.24, 2.45) is 5.41 Å². The van der Waals surface area contributed by atoms with Gasteiger partial charge in [0.25, 0.3) is 0 Å². The van der Waals surface area contributed by atoms with Gasteiger partial charge in [-0.1, -0.05) is 37.3 Å². The Labute approximate surface area is 140 Å². The number of piperidine rings is 1. The van der Waals surface area contributed by atoms with Crippen molar-refractivity contribution in [2.75, 3.05) is 46.4 Å². The fourth-order valence-electron chi connectivity index (χ4n) is 4.28. The molecule has 3 unspecified atom stereocenters. The van der Waals surface area contributed by atoms with E-state index in [1.54, 1.807) is 0 Å². The van der Waals surface area contributed by atoms with Gasteiger partial charge in [0.1, 0.15) is 0 Å². The molecule has 3 rings (SSSR count). The Morgan fingerprint density at radius 1 is 1.22 bits per heavy atom. The molecule has 0 amide bonds. The molecule has 2 heterocycles. The third kappa shape index (κ3) is 3.18. The van der Waals surface area contributed by atoms with Gasteiger partial charge in [-0.3, -0.25) is 4.90 Å². The molecule has 23 heavy (non-hydrogen) atoms. The summed E-state index contributed by atoms with van der Waals surface area (Å²) in [7, 11) is 2.17. The first-order valence-corrected chi connectivity index (χ1v) is 8.73. The summed E-state index contributed by atoms with van der Waals surface area (Å²) in [5.74, 6) is 0. The van der Waals surface area contributed by atoms with E-state index in [0.29, 0.717) is 6.04 Å². The number of hydrogen-bond acceptors (Lipinski definition) is 4. The highest BCUT2D eigenvalue weighted by Gasteiger charge is 2.53. The van der Waals surface area contributed by atoms with E-state index in [9.17, 15) is 5.11 Å². The van der Waals surface area contributed by atoms with E-state index in [1.165, 1.54) is 0 Å². The normalized spacial score (nSPS) is 37.0. The molecule has 0 aromatic heterocycles. The maximum atomic E-state index is 11.8. The number of morpholine rings is 1. The molecule has 4 heteroatoms. The van der Waals surface area contributed by atoms with Gasteiger partial charge < -0.3 is 14.7 Å². The molecule has 128 valence electrons. The lowest BCUT2D eigenvalue weighted by Gasteiger charge is -2.55. The SMILES string of the molecule is CC1CC(O)(c2ccccc2)C(C)(CN2CCOCC2)CN1C. The Kier molecular flexibility index (Phi) is 4.79. The van der Waals surface area contributed by atoms with Crippen molar-refractivity contribution in [3.05, 3.63) is 35.9 Å². The van der Waals surface area contributed by atoms with Gasteiger partial charge in [-0.25, -0.2) is 0 Å². The minimum atomic E-state index is -0.793. The standard InChI is InChI=1S/C19H30N2O2/c1-16-13-19(22,17-7-5-4-6-8-17)18(2,14-20(16)3)15-21-9-11-23-12-10-21/h4-8,16,22H,9-15H2,1-3H3. The zero-order valence-electron chi connectivity index (χ0n) is 14.7. The van der Waals surface area contributed by atoms with E-state index in [0.717, 1.165) is 51.4 Å². The monoisotopic (exact) mass is 318 g/mol. The zero-order valence-corrected chi connectivity index (χ0v) is 14.7. The molecule has 3 atom stereocenters. The van der Waals surface area contributed by atoms with Crippen molar-refractivity contribution in [3.63, 3.8) is 0 Å². The molecule has 2 aliphatic heterocycles. The van der Waals surface area contributed by atoms with E-state index >= 15 is 0 Å². The van der Waals surface area contributed by atoms with Crippen LogP contribution in [-0.4, -0.2) is 67.4 Å². The number of hydrogen-bond donors (Lipinski definition) is 1. The predicted octanol–water partition coefficient (Wildman–Crippen LogP) is 1.94. The summed E-state index contributed by atoms with van der Waals surface area (Å²) >= 11 is 0. The maximum absolute atomic E-state index is 11.8. The van der Waals surface area contributed by atoms with Crippen LogP contribution < -0.4 is 0 Å². The summed E-state index contributed by atoms with van der Waals surface area (Å²) in [6, 6.07) is 10.6. The van der Waals surface area contributed by atoms with Gasteiger partial charge in [0.2, 0.25) is 0 Å².